The minimum Gasteiger partial charge on any atom is -0.312 e. The molecule has 2 aliphatic rings. The van der Waals surface area contributed by atoms with Gasteiger partial charge in [0.15, 0.2) is 0 Å². The van der Waals surface area contributed by atoms with E-state index in [4.69, 9.17) is 0 Å². The number of piperidine rings is 1. The van der Waals surface area contributed by atoms with Crippen LogP contribution in [0.5, 0.6) is 0 Å². The Morgan fingerprint density at radius 3 is 3.05 bits per heavy atom. The normalized spacial score (nSPS) is 28.1. The van der Waals surface area contributed by atoms with Crippen molar-refractivity contribution in [3.8, 4) is 0 Å². The largest absolute Gasteiger partial charge is 0.312 e. The van der Waals surface area contributed by atoms with Crippen LogP contribution in [-0.4, -0.2) is 39.9 Å². The molecule has 2 saturated heterocycles. The van der Waals surface area contributed by atoms with Gasteiger partial charge in [-0.05, 0) is 51.3 Å². The summed E-state index contributed by atoms with van der Waals surface area (Å²) < 4.78 is 2.19. The Balaban J connectivity index is 1.68. The SMILES string of the molecule is CCCn1nccc1CN1CCCCC1C1CCCN1. The average Bonchev–Trinajstić information content (AvgIpc) is 3.12. The van der Waals surface area contributed by atoms with E-state index in [1.165, 1.54) is 50.9 Å². The van der Waals surface area contributed by atoms with Gasteiger partial charge < -0.3 is 5.32 Å². The highest BCUT2D eigenvalue weighted by Gasteiger charge is 2.31. The molecule has 0 radical (unpaired) electrons. The summed E-state index contributed by atoms with van der Waals surface area (Å²) in [4.78, 5) is 2.70. The van der Waals surface area contributed by atoms with Crippen LogP contribution in [0.2, 0.25) is 0 Å². The maximum atomic E-state index is 4.47. The molecule has 0 saturated carbocycles. The number of hydrogen-bond acceptors (Lipinski definition) is 3. The first-order valence-electron chi connectivity index (χ1n) is 8.36. The monoisotopic (exact) mass is 276 g/mol. The number of rotatable bonds is 5. The molecule has 2 fully saturated rings. The van der Waals surface area contributed by atoms with E-state index in [2.05, 4.69) is 33.0 Å². The standard InChI is InChI=1S/C16H28N4/c1-2-11-20-14(8-10-18-20)13-19-12-4-3-7-16(19)15-6-5-9-17-15/h8,10,15-17H,2-7,9,11-13H2,1H3. The molecule has 0 aromatic carbocycles. The van der Waals surface area contributed by atoms with Crippen molar-refractivity contribution < 1.29 is 0 Å². The van der Waals surface area contributed by atoms with Crippen molar-refractivity contribution in [1.29, 1.82) is 0 Å². The quantitative estimate of drug-likeness (QED) is 0.896. The maximum Gasteiger partial charge on any atom is 0.0524 e. The Morgan fingerprint density at radius 1 is 1.30 bits per heavy atom. The van der Waals surface area contributed by atoms with Gasteiger partial charge >= 0.3 is 0 Å². The molecule has 0 aliphatic carbocycles. The van der Waals surface area contributed by atoms with Crippen molar-refractivity contribution in [3.05, 3.63) is 18.0 Å². The van der Waals surface area contributed by atoms with Crippen LogP contribution < -0.4 is 5.32 Å². The zero-order chi connectivity index (χ0) is 13.8. The second kappa shape index (κ2) is 6.72. The second-order valence-corrected chi connectivity index (χ2v) is 6.28. The summed E-state index contributed by atoms with van der Waals surface area (Å²) >= 11 is 0. The van der Waals surface area contributed by atoms with E-state index in [0.29, 0.717) is 0 Å². The van der Waals surface area contributed by atoms with Gasteiger partial charge in [0.2, 0.25) is 0 Å². The molecule has 112 valence electrons. The van der Waals surface area contributed by atoms with Crippen LogP contribution in [0.4, 0.5) is 0 Å². The summed E-state index contributed by atoms with van der Waals surface area (Å²) in [7, 11) is 0. The molecule has 1 aromatic heterocycles. The molecule has 2 unspecified atom stereocenters. The predicted octanol–water partition coefficient (Wildman–Crippen LogP) is 2.40. The molecule has 1 aromatic rings. The van der Waals surface area contributed by atoms with E-state index >= 15 is 0 Å². The molecule has 2 atom stereocenters. The van der Waals surface area contributed by atoms with Crippen LogP contribution in [0.3, 0.4) is 0 Å². The van der Waals surface area contributed by atoms with Gasteiger partial charge in [-0.25, -0.2) is 0 Å². The van der Waals surface area contributed by atoms with Gasteiger partial charge in [0.1, 0.15) is 0 Å². The summed E-state index contributed by atoms with van der Waals surface area (Å²) in [5.74, 6) is 0. The lowest BCUT2D eigenvalue weighted by Gasteiger charge is -2.39. The molecular formula is C16H28N4. The number of likely N-dealkylation sites (tertiary alicyclic amines) is 1. The minimum atomic E-state index is 0.720. The summed E-state index contributed by atoms with van der Waals surface area (Å²) in [6.45, 7) is 6.80. The van der Waals surface area contributed by atoms with Crippen LogP contribution in [-0.2, 0) is 13.1 Å². The first-order chi connectivity index (χ1) is 9.88. The first-order valence-corrected chi connectivity index (χ1v) is 8.36. The van der Waals surface area contributed by atoms with Gasteiger partial charge in [0, 0.05) is 31.4 Å². The topological polar surface area (TPSA) is 33.1 Å². The van der Waals surface area contributed by atoms with E-state index in [1.54, 1.807) is 0 Å². The molecule has 1 N–H and O–H groups in total. The Kier molecular flexibility index (Phi) is 4.73. The van der Waals surface area contributed by atoms with Crippen LogP contribution in [0.25, 0.3) is 0 Å². The highest BCUT2D eigenvalue weighted by molar-refractivity contribution is 5.02. The van der Waals surface area contributed by atoms with Crippen molar-refractivity contribution >= 4 is 0 Å². The molecule has 3 rings (SSSR count). The molecule has 0 bridgehead atoms. The molecule has 2 aliphatic heterocycles. The number of aryl methyl sites for hydroxylation is 1. The third-order valence-corrected chi connectivity index (χ3v) is 4.83. The third kappa shape index (κ3) is 3.07. The van der Waals surface area contributed by atoms with Gasteiger partial charge in [0.05, 0.1) is 5.69 Å². The Bertz CT molecular complexity index is 408. The summed E-state index contributed by atoms with van der Waals surface area (Å²) in [6, 6.07) is 3.65. The minimum absolute atomic E-state index is 0.720. The van der Waals surface area contributed by atoms with E-state index in [0.717, 1.165) is 31.6 Å². The fourth-order valence-corrected chi connectivity index (χ4v) is 3.82. The fourth-order valence-electron chi connectivity index (χ4n) is 3.82. The van der Waals surface area contributed by atoms with Gasteiger partial charge in [-0.15, -0.1) is 0 Å². The summed E-state index contributed by atoms with van der Waals surface area (Å²) in [6.07, 6.45) is 9.93. The average molecular weight is 276 g/mol. The van der Waals surface area contributed by atoms with Crippen molar-refractivity contribution in [2.45, 2.75) is 70.6 Å². The van der Waals surface area contributed by atoms with Crippen molar-refractivity contribution in [2.75, 3.05) is 13.1 Å². The third-order valence-electron chi connectivity index (χ3n) is 4.83. The lowest BCUT2D eigenvalue weighted by atomic mass is 9.94. The number of aromatic nitrogens is 2. The van der Waals surface area contributed by atoms with Crippen molar-refractivity contribution in [2.24, 2.45) is 0 Å². The molecule has 0 amide bonds. The number of hydrogen-bond donors (Lipinski definition) is 1. The van der Waals surface area contributed by atoms with E-state index in [1.807, 2.05) is 6.20 Å². The van der Waals surface area contributed by atoms with Crippen LogP contribution in [0.1, 0.15) is 51.1 Å². The number of nitrogens with zero attached hydrogens (tertiary/aromatic N) is 3. The number of nitrogens with one attached hydrogen (secondary N) is 1. The predicted molar refractivity (Wildman–Crippen MR) is 81.6 cm³/mol. The van der Waals surface area contributed by atoms with E-state index < -0.39 is 0 Å². The molecule has 4 heteroatoms. The summed E-state index contributed by atoms with van der Waals surface area (Å²) in [5.41, 5.74) is 1.39. The lowest BCUT2D eigenvalue weighted by molar-refractivity contribution is 0.109. The van der Waals surface area contributed by atoms with Crippen LogP contribution in [0, 0.1) is 0 Å². The molecule has 3 heterocycles. The molecular weight excluding hydrogens is 248 g/mol. The first kappa shape index (κ1) is 14.1. The maximum absolute atomic E-state index is 4.47. The second-order valence-electron chi connectivity index (χ2n) is 6.28. The highest BCUT2D eigenvalue weighted by atomic mass is 15.3. The highest BCUT2D eigenvalue weighted by Crippen LogP contribution is 2.25. The van der Waals surface area contributed by atoms with Gasteiger partial charge in [-0.3, -0.25) is 9.58 Å². The lowest BCUT2D eigenvalue weighted by Crippen LogP contribution is -2.49. The zero-order valence-electron chi connectivity index (χ0n) is 12.7. The smallest absolute Gasteiger partial charge is 0.0524 e. The Hall–Kier alpha value is -0.870. The fraction of sp³-hybridized carbons (Fsp3) is 0.812. The van der Waals surface area contributed by atoms with E-state index in [-0.39, 0.29) is 0 Å². The Morgan fingerprint density at radius 2 is 2.25 bits per heavy atom. The summed E-state index contributed by atoms with van der Waals surface area (Å²) in [5, 5.41) is 8.18. The van der Waals surface area contributed by atoms with Crippen LogP contribution >= 0.6 is 0 Å². The van der Waals surface area contributed by atoms with Crippen molar-refractivity contribution in [3.63, 3.8) is 0 Å². The Labute approximate surface area is 122 Å². The molecule has 4 nitrogen and oxygen atoms in total. The van der Waals surface area contributed by atoms with Gasteiger partial charge in [0.25, 0.3) is 0 Å². The van der Waals surface area contributed by atoms with Gasteiger partial charge in [-0.2, -0.15) is 5.10 Å². The zero-order valence-corrected chi connectivity index (χ0v) is 12.7. The molecule has 0 spiro atoms. The van der Waals surface area contributed by atoms with E-state index in [9.17, 15) is 0 Å². The van der Waals surface area contributed by atoms with Crippen LogP contribution in [0.15, 0.2) is 12.3 Å². The molecule has 20 heavy (non-hydrogen) atoms. The van der Waals surface area contributed by atoms with Gasteiger partial charge in [-0.1, -0.05) is 13.3 Å². The van der Waals surface area contributed by atoms with Crippen molar-refractivity contribution in [1.82, 2.24) is 20.0 Å².